The summed E-state index contributed by atoms with van der Waals surface area (Å²) in [5.74, 6) is 0.133. The van der Waals surface area contributed by atoms with Crippen LogP contribution >= 0.6 is 0 Å². The molecule has 0 saturated heterocycles. The maximum Gasteiger partial charge on any atom is 0.255 e. The lowest BCUT2D eigenvalue weighted by Crippen LogP contribution is -2.25. The van der Waals surface area contributed by atoms with Gasteiger partial charge in [0.05, 0.1) is 5.56 Å². The van der Waals surface area contributed by atoms with E-state index in [1.807, 2.05) is 0 Å². The highest BCUT2D eigenvalue weighted by molar-refractivity contribution is 6.07. The van der Waals surface area contributed by atoms with Crippen molar-refractivity contribution >= 4 is 16.9 Å². The standard InChI is InChI=1S/C19H18FNO3/c1-12-18(16-11-15(22)8-9-17(16)24-12)19(23)21-10-2-3-13-4-6-14(20)7-5-13/h4-9,11,22H,2-3,10H2,1H3,(H,21,23). The Morgan fingerprint density at radius 2 is 1.96 bits per heavy atom. The first-order chi connectivity index (χ1) is 11.5. The van der Waals surface area contributed by atoms with Crippen molar-refractivity contribution in [3.8, 4) is 5.75 Å². The number of aromatic hydroxyl groups is 1. The van der Waals surface area contributed by atoms with Crippen LogP contribution in [0.1, 0.15) is 28.1 Å². The van der Waals surface area contributed by atoms with Crippen LogP contribution in [-0.4, -0.2) is 17.6 Å². The van der Waals surface area contributed by atoms with Crippen molar-refractivity contribution < 1.29 is 18.7 Å². The Kier molecular flexibility index (Phi) is 4.51. The minimum absolute atomic E-state index is 0.0914. The van der Waals surface area contributed by atoms with Gasteiger partial charge in [0, 0.05) is 11.9 Å². The summed E-state index contributed by atoms with van der Waals surface area (Å²) in [6, 6.07) is 11.0. The zero-order chi connectivity index (χ0) is 17.1. The largest absolute Gasteiger partial charge is 0.508 e. The molecule has 0 spiro atoms. The van der Waals surface area contributed by atoms with Crippen LogP contribution in [0, 0.1) is 12.7 Å². The van der Waals surface area contributed by atoms with Gasteiger partial charge in [-0.25, -0.2) is 4.39 Å². The van der Waals surface area contributed by atoms with E-state index in [0.717, 1.165) is 18.4 Å². The number of carbonyl (C=O) groups excluding carboxylic acids is 1. The van der Waals surface area contributed by atoms with Gasteiger partial charge in [-0.3, -0.25) is 4.79 Å². The summed E-state index contributed by atoms with van der Waals surface area (Å²) in [5.41, 5.74) is 2.05. The van der Waals surface area contributed by atoms with E-state index in [0.29, 0.717) is 28.8 Å². The molecule has 1 aromatic heterocycles. The second-order valence-corrected chi connectivity index (χ2v) is 5.70. The molecule has 24 heavy (non-hydrogen) atoms. The Bertz CT molecular complexity index is 868. The first kappa shape index (κ1) is 16.1. The first-order valence-electron chi connectivity index (χ1n) is 7.79. The van der Waals surface area contributed by atoms with E-state index in [1.165, 1.54) is 24.3 Å². The van der Waals surface area contributed by atoms with E-state index in [-0.39, 0.29) is 17.5 Å². The van der Waals surface area contributed by atoms with Gasteiger partial charge in [0.2, 0.25) is 0 Å². The summed E-state index contributed by atoms with van der Waals surface area (Å²) >= 11 is 0. The zero-order valence-corrected chi connectivity index (χ0v) is 13.3. The second kappa shape index (κ2) is 6.74. The molecule has 4 nitrogen and oxygen atoms in total. The number of hydrogen-bond donors (Lipinski definition) is 2. The molecule has 0 aliphatic heterocycles. The van der Waals surface area contributed by atoms with Crippen molar-refractivity contribution in [2.45, 2.75) is 19.8 Å². The van der Waals surface area contributed by atoms with Gasteiger partial charge in [-0.05, 0) is 55.7 Å². The maximum absolute atomic E-state index is 12.8. The third-order valence-corrected chi connectivity index (χ3v) is 3.92. The predicted octanol–water partition coefficient (Wildman–Crippen LogP) is 3.95. The number of furan rings is 1. The minimum Gasteiger partial charge on any atom is -0.508 e. The van der Waals surface area contributed by atoms with Gasteiger partial charge in [0.15, 0.2) is 0 Å². The van der Waals surface area contributed by atoms with Crippen LogP contribution in [0.25, 0.3) is 11.0 Å². The Balaban J connectivity index is 1.62. The third-order valence-electron chi connectivity index (χ3n) is 3.92. The maximum atomic E-state index is 12.8. The van der Waals surface area contributed by atoms with Crippen molar-refractivity contribution in [3.05, 3.63) is 65.2 Å². The van der Waals surface area contributed by atoms with Gasteiger partial charge in [0.1, 0.15) is 22.9 Å². The molecule has 1 heterocycles. The number of aryl methyl sites for hydroxylation is 2. The fourth-order valence-electron chi connectivity index (χ4n) is 2.72. The first-order valence-corrected chi connectivity index (χ1v) is 7.79. The summed E-state index contributed by atoms with van der Waals surface area (Å²) in [6.45, 7) is 2.23. The van der Waals surface area contributed by atoms with Crippen molar-refractivity contribution in [1.29, 1.82) is 0 Å². The number of hydrogen-bond acceptors (Lipinski definition) is 3. The van der Waals surface area contributed by atoms with Crippen LogP contribution < -0.4 is 5.32 Å². The molecule has 5 heteroatoms. The number of rotatable bonds is 5. The topological polar surface area (TPSA) is 62.5 Å². The molecule has 0 aliphatic rings. The van der Waals surface area contributed by atoms with Crippen LogP contribution in [0.5, 0.6) is 5.75 Å². The molecular weight excluding hydrogens is 309 g/mol. The number of amides is 1. The third kappa shape index (κ3) is 3.40. The number of nitrogens with one attached hydrogen (secondary N) is 1. The van der Waals surface area contributed by atoms with E-state index in [4.69, 9.17) is 4.42 Å². The van der Waals surface area contributed by atoms with Crippen LogP contribution in [-0.2, 0) is 6.42 Å². The molecule has 0 unspecified atom stereocenters. The molecule has 0 atom stereocenters. The van der Waals surface area contributed by atoms with Crippen LogP contribution in [0.15, 0.2) is 46.9 Å². The van der Waals surface area contributed by atoms with E-state index < -0.39 is 0 Å². The van der Waals surface area contributed by atoms with E-state index in [1.54, 1.807) is 25.1 Å². The van der Waals surface area contributed by atoms with E-state index >= 15 is 0 Å². The SMILES string of the molecule is Cc1oc2ccc(O)cc2c1C(=O)NCCCc1ccc(F)cc1. The van der Waals surface area contributed by atoms with Crippen LogP contribution in [0.2, 0.25) is 0 Å². The van der Waals surface area contributed by atoms with Crippen molar-refractivity contribution in [2.75, 3.05) is 6.54 Å². The fourth-order valence-corrected chi connectivity index (χ4v) is 2.72. The predicted molar refractivity (Wildman–Crippen MR) is 89.7 cm³/mol. The molecule has 2 aromatic carbocycles. The van der Waals surface area contributed by atoms with E-state index in [9.17, 15) is 14.3 Å². The number of phenolic OH excluding ortho intramolecular Hbond substituents is 1. The zero-order valence-electron chi connectivity index (χ0n) is 13.3. The number of fused-ring (bicyclic) bond motifs is 1. The molecule has 0 aliphatic carbocycles. The lowest BCUT2D eigenvalue weighted by Gasteiger charge is -2.05. The fraction of sp³-hybridized carbons (Fsp3) is 0.211. The Hall–Kier alpha value is -2.82. The summed E-state index contributed by atoms with van der Waals surface area (Å²) in [6.07, 6.45) is 1.50. The molecule has 3 aromatic rings. The highest BCUT2D eigenvalue weighted by Crippen LogP contribution is 2.28. The Labute approximate surface area is 138 Å². The van der Waals surface area contributed by atoms with Gasteiger partial charge in [-0.1, -0.05) is 12.1 Å². The molecule has 0 saturated carbocycles. The molecule has 0 radical (unpaired) electrons. The lowest BCUT2D eigenvalue weighted by atomic mass is 10.1. The van der Waals surface area contributed by atoms with Gasteiger partial charge >= 0.3 is 0 Å². The number of carbonyl (C=O) groups is 1. The average Bonchev–Trinajstić information content (AvgIpc) is 2.88. The quantitative estimate of drug-likeness (QED) is 0.698. The van der Waals surface area contributed by atoms with Crippen molar-refractivity contribution in [1.82, 2.24) is 5.32 Å². The molecule has 1 amide bonds. The van der Waals surface area contributed by atoms with Gasteiger partial charge in [-0.15, -0.1) is 0 Å². The highest BCUT2D eigenvalue weighted by Gasteiger charge is 2.18. The highest BCUT2D eigenvalue weighted by atomic mass is 19.1. The summed E-state index contributed by atoms with van der Waals surface area (Å²) in [5, 5.41) is 13.1. The Morgan fingerprint density at radius 1 is 1.21 bits per heavy atom. The van der Waals surface area contributed by atoms with Gasteiger partial charge in [-0.2, -0.15) is 0 Å². The molecule has 3 rings (SSSR count). The average molecular weight is 327 g/mol. The summed E-state index contributed by atoms with van der Waals surface area (Å²) < 4.78 is 18.4. The molecule has 124 valence electrons. The lowest BCUT2D eigenvalue weighted by molar-refractivity contribution is 0.0953. The van der Waals surface area contributed by atoms with Crippen LogP contribution in [0.3, 0.4) is 0 Å². The van der Waals surface area contributed by atoms with Crippen molar-refractivity contribution in [2.24, 2.45) is 0 Å². The van der Waals surface area contributed by atoms with Gasteiger partial charge < -0.3 is 14.8 Å². The van der Waals surface area contributed by atoms with Crippen molar-refractivity contribution in [3.63, 3.8) is 0 Å². The number of phenols is 1. The summed E-state index contributed by atoms with van der Waals surface area (Å²) in [4.78, 5) is 12.4. The van der Waals surface area contributed by atoms with Crippen LogP contribution in [0.4, 0.5) is 4.39 Å². The minimum atomic E-state index is -0.252. The summed E-state index contributed by atoms with van der Waals surface area (Å²) in [7, 11) is 0. The Morgan fingerprint density at radius 3 is 2.71 bits per heavy atom. The smallest absolute Gasteiger partial charge is 0.255 e. The molecule has 0 bridgehead atoms. The molecule has 0 fully saturated rings. The number of halogens is 1. The normalized spacial score (nSPS) is 10.9. The van der Waals surface area contributed by atoms with E-state index in [2.05, 4.69) is 5.32 Å². The van der Waals surface area contributed by atoms with Gasteiger partial charge in [0.25, 0.3) is 5.91 Å². The second-order valence-electron chi connectivity index (χ2n) is 5.70. The monoisotopic (exact) mass is 327 g/mol. The molecule has 2 N–H and O–H groups in total. The number of benzene rings is 2. The molecular formula is C19H18FNO3.